The van der Waals surface area contributed by atoms with Gasteiger partial charge in [-0.1, -0.05) is 0 Å². The average molecular weight is 282 g/mol. The number of rotatable bonds is 3. The van der Waals surface area contributed by atoms with Crippen molar-refractivity contribution in [2.45, 2.75) is 25.7 Å². The molecular formula is C12H14N2O4S. The van der Waals surface area contributed by atoms with E-state index in [9.17, 15) is 14.4 Å². The summed E-state index contributed by atoms with van der Waals surface area (Å²) in [5.41, 5.74) is 5.97. The van der Waals surface area contributed by atoms with Crippen LogP contribution in [-0.2, 0) is 22.4 Å². The minimum absolute atomic E-state index is 0.499. The van der Waals surface area contributed by atoms with Gasteiger partial charge in [0, 0.05) is 4.88 Å². The molecule has 102 valence electrons. The number of hydrogen-bond acceptors (Lipinski definition) is 5. The smallest absolute Gasteiger partial charge is 0.348 e. The van der Waals surface area contributed by atoms with Crippen LogP contribution in [0.15, 0.2) is 6.07 Å². The topological polar surface area (TPSA) is 98.5 Å². The molecule has 1 aliphatic rings. The number of imide groups is 1. The van der Waals surface area contributed by atoms with Crippen molar-refractivity contribution in [2.75, 3.05) is 6.61 Å². The third-order valence-electron chi connectivity index (χ3n) is 2.79. The highest BCUT2D eigenvalue weighted by Gasteiger charge is 2.19. The van der Waals surface area contributed by atoms with Crippen molar-refractivity contribution in [1.29, 1.82) is 0 Å². The third kappa shape index (κ3) is 3.54. The quantitative estimate of drug-likeness (QED) is 0.807. The number of amides is 3. The molecule has 0 fully saturated rings. The molecule has 0 spiro atoms. The average Bonchev–Trinajstić information content (AvgIpc) is 2.78. The summed E-state index contributed by atoms with van der Waals surface area (Å²) in [6.45, 7) is -0.510. The van der Waals surface area contributed by atoms with Crippen LogP contribution in [0.4, 0.5) is 4.79 Å². The lowest BCUT2D eigenvalue weighted by Crippen LogP contribution is -2.37. The molecule has 7 heteroatoms. The van der Waals surface area contributed by atoms with Gasteiger partial charge in [-0.25, -0.2) is 9.59 Å². The highest BCUT2D eigenvalue weighted by Crippen LogP contribution is 2.29. The normalized spacial score (nSPS) is 13.5. The molecular weight excluding hydrogens is 268 g/mol. The molecule has 0 saturated carbocycles. The van der Waals surface area contributed by atoms with Crippen LogP contribution in [0.2, 0.25) is 0 Å². The van der Waals surface area contributed by atoms with Crippen LogP contribution in [0, 0.1) is 0 Å². The molecule has 19 heavy (non-hydrogen) atoms. The van der Waals surface area contributed by atoms with E-state index >= 15 is 0 Å². The predicted molar refractivity (Wildman–Crippen MR) is 69.0 cm³/mol. The van der Waals surface area contributed by atoms with Crippen molar-refractivity contribution < 1.29 is 19.1 Å². The predicted octanol–water partition coefficient (Wildman–Crippen LogP) is 0.979. The number of hydrogen-bond donors (Lipinski definition) is 2. The number of carbonyl (C=O) groups excluding carboxylic acids is 3. The molecule has 0 aliphatic heterocycles. The Balaban J connectivity index is 1.91. The number of fused-ring (bicyclic) bond motifs is 1. The minimum atomic E-state index is -0.965. The maximum Gasteiger partial charge on any atom is 0.348 e. The van der Waals surface area contributed by atoms with E-state index in [1.807, 2.05) is 11.4 Å². The van der Waals surface area contributed by atoms with Gasteiger partial charge in [-0.15, -0.1) is 11.3 Å². The number of nitrogens with two attached hydrogens (primary N) is 1. The molecule has 1 heterocycles. The van der Waals surface area contributed by atoms with Crippen molar-refractivity contribution in [3.63, 3.8) is 0 Å². The van der Waals surface area contributed by atoms with Crippen molar-refractivity contribution in [3.05, 3.63) is 21.4 Å². The molecule has 0 radical (unpaired) electrons. The van der Waals surface area contributed by atoms with E-state index in [1.165, 1.54) is 21.8 Å². The second-order valence-corrected chi connectivity index (χ2v) is 5.39. The summed E-state index contributed by atoms with van der Waals surface area (Å²) in [4.78, 5) is 35.0. The number of ether oxygens (including phenoxy) is 1. The summed E-state index contributed by atoms with van der Waals surface area (Å²) in [6, 6.07) is 0.862. The highest BCUT2D eigenvalue weighted by atomic mass is 32.1. The van der Waals surface area contributed by atoms with Crippen molar-refractivity contribution in [2.24, 2.45) is 5.73 Å². The molecule has 2 rings (SSSR count). The summed E-state index contributed by atoms with van der Waals surface area (Å²) in [7, 11) is 0. The van der Waals surface area contributed by atoms with Crippen LogP contribution in [0.3, 0.4) is 0 Å². The van der Waals surface area contributed by atoms with E-state index in [-0.39, 0.29) is 0 Å². The first-order chi connectivity index (χ1) is 9.06. The number of carbonyl (C=O) groups is 3. The highest BCUT2D eigenvalue weighted by molar-refractivity contribution is 7.14. The number of urea groups is 1. The van der Waals surface area contributed by atoms with Crippen LogP contribution < -0.4 is 11.1 Å². The molecule has 6 nitrogen and oxygen atoms in total. The molecule has 3 N–H and O–H groups in total. The number of aryl methyl sites for hydroxylation is 2. The van der Waals surface area contributed by atoms with Gasteiger partial charge in [-0.2, -0.15) is 0 Å². The fraction of sp³-hybridized carbons (Fsp3) is 0.417. The Bertz CT molecular complexity index is 500. The van der Waals surface area contributed by atoms with Crippen molar-refractivity contribution in [1.82, 2.24) is 5.32 Å². The Hall–Kier alpha value is -1.89. The molecule has 0 unspecified atom stereocenters. The lowest BCUT2D eigenvalue weighted by atomic mass is 9.99. The summed E-state index contributed by atoms with van der Waals surface area (Å²) in [5, 5.41) is 1.82. The molecule has 0 atom stereocenters. The van der Waals surface area contributed by atoms with Gasteiger partial charge in [-0.05, 0) is 37.3 Å². The fourth-order valence-electron chi connectivity index (χ4n) is 1.97. The number of nitrogens with one attached hydrogen (secondary N) is 1. The Morgan fingerprint density at radius 3 is 2.74 bits per heavy atom. The van der Waals surface area contributed by atoms with Crippen molar-refractivity contribution in [3.8, 4) is 0 Å². The summed E-state index contributed by atoms with van der Waals surface area (Å²) in [6.07, 6.45) is 4.26. The largest absolute Gasteiger partial charge is 0.451 e. The van der Waals surface area contributed by atoms with Crippen LogP contribution in [0.1, 0.15) is 33.0 Å². The van der Waals surface area contributed by atoms with Crippen LogP contribution >= 0.6 is 11.3 Å². The molecule has 1 aliphatic carbocycles. The van der Waals surface area contributed by atoms with E-state index in [0.29, 0.717) is 4.88 Å². The van der Waals surface area contributed by atoms with Gasteiger partial charge in [0.15, 0.2) is 6.61 Å². The molecule has 1 aromatic rings. The Labute approximate surface area is 113 Å². The lowest BCUT2D eigenvalue weighted by Gasteiger charge is -2.08. The lowest BCUT2D eigenvalue weighted by molar-refractivity contribution is -0.123. The van der Waals surface area contributed by atoms with E-state index in [1.54, 1.807) is 0 Å². The van der Waals surface area contributed by atoms with Gasteiger partial charge in [0.25, 0.3) is 5.91 Å². The van der Waals surface area contributed by atoms with E-state index in [4.69, 9.17) is 10.5 Å². The molecule has 0 saturated heterocycles. The zero-order valence-electron chi connectivity index (χ0n) is 10.2. The van der Waals surface area contributed by atoms with Crippen LogP contribution in [0.25, 0.3) is 0 Å². The Morgan fingerprint density at radius 2 is 2.05 bits per heavy atom. The van der Waals surface area contributed by atoms with Gasteiger partial charge >= 0.3 is 12.0 Å². The fourth-order valence-corrected chi connectivity index (χ4v) is 3.11. The maximum atomic E-state index is 11.7. The Morgan fingerprint density at radius 1 is 1.32 bits per heavy atom. The van der Waals surface area contributed by atoms with E-state index < -0.39 is 24.5 Å². The first-order valence-electron chi connectivity index (χ1n) is 5.94. The summed E-state index contributed by atoms with van der Waals surface area (Å²) >= 11 is 1.41. The van der Waals surface area contributed by atoms with E-state index in [2.05, 4.69) is 0 Å². The molecule has 1 aromatic heterocycles. The standard InChI is InChI=1S/C12H14N2O4S/c13-12(17)14-10(15)6-18-11(16)9-5-7-3-1-2-4-8(7)19-9/h5H,1-4,6H2,(H3,13,14,15,17). The SMILES string of the molecule is NC(=O)NC(=O)COC(=O)c1cc2c(s1)CCCC2. The van der Waals surface area contributed by atoms with Gasteiger partial charge in [0.1, 0.15) is 4.88 Å². The first kappa shape index (κ1) is 13.5. The van der Waals surface area contributed by atoms with Crippen LogP contribution in [-0.4, -0.2) is 24.5 Å². The zero-order chi connectivity index (χ0) is 13.8. The van der Waals surface area contributed by atoms with Gasteiger partial charge in [0.05, 0.1) is 0 Å². The minimum Gasteiger partial charge on any atom is -0.451 e. The molecule has 3 amide bonds. The second kappa shape index (κ2) is 5.83. The van der Waals surface area contributed by atoms with Crippen molar-refractivity contribution >= 4 is 29.2 Å². The summed E-state index contributed by atoms with van der Waals surface area (Å²) < 4.78 is 4.82. The van der Waals surface area contributed by atoms with Gasteiger partial charge in [0.2, 0.25) is 0 Å². The summed E-state index contributed by atoms with van der Waals surface area (Å²) in [5.74, 6) is -1.28. The number of esters is 1. The second-order valence-electron chi connectivity index (χ2n) is 4.25. The zero-order valence-corrected chi connectivity index (χ0v) is 11.0. The van der Waals surface area contributed by atoms with E-state index in [0.717, 1.165) is 25.7 Å². The van der Waals surface area contributed by atoms with Gasteiger partial charge in [-0.3, -0.25) is 10.1 Å². The monoisotopic (exact) mass is 282 g/mol. The third-order valence-corrected chi connectivity index (χ3v) is 4.01. The first-order valence-corrected chi connectivity index (χ1v) is 6.76. The maximum absolute atomic E-state index is 11.7. The number of primary amides is 1. The molecule has 0 bridgehead atoms. The molecule has 0 aromatic carbocycles. The van der Waals surface area contributed by atoms with Gasteiger partial charge < -0.3 is 10.5 Å². The Kier molecular flexibility index (Phi) is 4.16. The van der Waals surface area contributed by atoms with Crippen LogP contribution in [0.5, 0.6) is 0 Å². The number of thiophene rings is 1.